The summed E-state index contributed by atoms with van der Waals surface area (Å²) in [6, 6.07) is 7.56. The quantitative estimate of drug-likeness (QED) is 0.524. The zero-order valence-corrected chi connectivity index (χ0v) is 13.8. The van der Waals surface area contributed by atoms with Crippen LogP contribution in [-0.2, 0) is 0 Å². The predicted molar refractivity (Wildman–Crippen MR) is 87.5 cm³/mol. The molecule has 6 heteroatoms. The van der Waals surface area contributed by atoms with Crippen molar-refractivity contribution in [3.05, 3.63) is 28.7 Å². The summed E-state index contributed by atoms with van der Waals surface area (Å²) in [7, 11) is 0. The number of benzene rings is 1. The Balaban J connectivity index is 2.01. The fraction of sp³-hybridized carbons (Fsp3) is 0.571. The standard InChI is InChI=1S/C14H22BrNO3S/c15-12-3-1-4-14(9-12)19-11-13(18)10-16-5-8-20-7-2-6-17/h1,3-4,9,13,16-18H,2,5-8,10-11H2. The van der Waals surface area contributed by atoms with Gasteiger partial charge in [-0.15, -0.1) is 0 Å². The zero-order valence-electron chi connectivity index (χ0n) is 11.4. The third-order valence-electron chi connectivity index (χ3n) is 2.49. The molecular weight excluding hydrogens is 342 g/mol. The van der Waals surface area contributed by atoms with E-state index in [1.807, 2.05) is 24.3 Å². The maximum Gasteiger partial charge on any atom is 0.120 e. The molecule has 0 aromatic heterocycles. The van der Waals surface area contributed by atoms with Crippen LogP contribution in [0.15, 0.2) is 28.7 Å². The summed E-state index contributed by atoms with van der Waals surface area (Å²) >= 11 is 5.17. The van der Waals surface area contributed by atoms with Crippen LogP contribution < -0.4 is 10.1 Å². The minimum Gasteiger partial charge on any atom is -0.491 e. The minimum atomic E-state index is -0.517. The molecule has 0 aliphatic carbocycles. The van der Waals surface area contributed by atoms with Gasteiger partial charge in [0.15, 0.2) is 0 Å². The highest BCUT2D eigenvalue weighted by molar-refractivity contribution is 9.10. The van der Waals surface area contributed by atoms with Crippen LogP contribution in [0, 0.1) is 0 Å². The number of halogens is 1. The Morgan fingerprint density at radius 3 is 2.95 bits per heavy atom. The largest absolute Gasteiger partial charge is 0.491 e. The van der Waals surface area contributed by atoms with Crippen molar-refractivity contribution in [2.45, 2.75) is 12.5 Å². The first-order valence-corrected chi connectivity index (χ1v) is 8.63. The van der Waals surface area contributed by atoms with Gasteiger partial charge in [0, 0.05) is 29.9 Å². The van der Waals surface area contributed by atoms with Gasteiger partial charge < -0.3 is 20.3 Å². The number of hydrogen-bond donors (Lipinski definition) is 3. The van der Waals surface area contributed by atoms with Gasteiger partial charge in [-0.2, -0.15) is 11.8 Å². The molecule has 0 heterocycles. The molecule has 1 atom stereocenters. The molecule has 0 spiro atoms. The zero-order chi connectivity index (χ0) is 14.6. The van der Waals surface area contributed by atoms with Gasteiger partial charge in [0.1, 0.15) is 18.5 Å². The van der Waals surface area contributed by atoms with Crippen molar-refractivity contribution >= 4 is 27.7 Å². The van der Waals surface area contributed by atoms with E-state index in [0.29, 0.717) is 6.54 Å². The Morgan fingerprint density at radius 2 is 2.20 bits per heavy atom. The second-order valence-corrected chi connectivity index (χ2v) is 6.46. The lowest BCUT2D eigenvalue weighted by Crippen LogP contribution is -2.32. The van der Waals surface area contributed by atoms with E-state index in [9.17, 15) is 5.11 Å². The lowest BCUT2D eigenvalue weighted by atomic mass is 10.3. The number of aliphatic hydroxyl groups excluding tert-OH is 2. The van der Waals surface area contributed by atoms with Crippen molar-refractivity contribution in [2.75, 3.05) is 37.8 Å². The molecule has 114 valence electrons. The summed E-state index contributed by atoms with van der Waals surface area (Å²) in [6.07, 6.45) is 0.324. The average molecular weight is 364 g/mol. The normalized spacial score (nSPS) is 12.3. The maximum absolute atomic E-state index is 9.78. The van der Waals surface area contributed by atoms with E-state index in [4.69, 9.17) is 9.84 Å². The van der Waals surface area contributed by atoms with Crippen molar-refractivity contribution in [3.63, 3.8) is 0 Å². The molecule has 0 radical (unpaired) electrons. The summed E-state index contributed by atoms with van der Waals surface area (Å²) in [5.41, 5.74) is 0. The summed E-state index contributed by atoms with van der Waals surface area (Å²) < 4.78 is 6.47. The van der Waals surface area contributed by atoms with E-state index in [1.54, 1.807) is 11.8 Å². The first-order chi connectivity index (χ1) is 9.72. The second kappa shape index (κ2) is 11.4. The van der Waals surface area contributed by atoms with Crippen LogP contribution in [0.1, 0.15) is 6.42 Å². The van der Waals surface area contributed by atoms with Crippen LogP contribution in [0.5, 0.6) is 5.75 Å². The molecule has 0 saturated heterocycles. The third kappa shape index (κ3) is 8.81. The first-order valence-electron chi connectivity index (χ1n) is 6.68. The Kier molecular flexibility index (Phi) is 10.1. The highest BCUT2D eigenvalue weighted by atomic mass is 79.9. The molecule has 1 aromatic carbocycles. The molecule has 0 amide bonds. The van der Waals surface area contributed by atoms with Crippen molar-refractivity contribution < 1.29 is 14.9 Å². The van der Waals surface area contributed by atoms with E-state index in [0.717, 1.165) is 34.7 Å². The molecule has 0 fully saturated rings. The molecule has 0 aliphatic rings. The second-order valence-electron chi connectivity index (χ2n) is 4.32. The van der Waals surface area contributed by atoms with Gasteiger partial charge in [-0.1, -0.05) is 22.0 Å². The Bertz CT molecular complexity index is 368. The SMILES string of the molecule is OCCCSCCNCC(O)COc1cccc(Br)c1. The van der Waals surface area contributed by atoms with Gasteiger partial charge in [-0.05, 0) is 30.4 Å². The van der Waals surface area contributed by atoms with E-state index in [1.165, 1.54) is 0 Å². The predicted octanol–water partition coefficient (Wildman–Crippen LogP) is 1.89. The van der Waals surface area contributed by atoms with Crippen LogP contribution >= 0.6 is 27.7 Å². The van der Waals surface area contributed by atoms with E-state index in [2.05, 4.69) is 21.2 Å². The van der Waals surface area contributed by atoms with Gasteiger partial charge in [0.2, 0.25) is 0 Å². The van der Waals surface area contributed by atoms with Crippen molar-refractivity contribution in [1.82, 2.24) is 5.32 Å². The summed E-state index contributed by atoms with van der Waals surface area (Å²) in [4.78, 5) is 0. The van der Waals surface area contributed by atoms with Gasteiger partial charge in [0.05, 0.1) is 0 Å². The first kappa shape index (κ1) is 17.8. The maximum atomic E-state index is 9.78. The van der Waals surface area contributed by atoms with Crippen LogP contribution in [0.25, 0.3) is 0 Å². The van der Waals surface area contributed by atoms with Gasteiger partial charge in [0.25, 0.3) is 0 Å². The van der Waals surface area contributed by atoms with E-state index >= 15 is 0 Å². The van der Waals surface area contributed by atoms with Gasteiger partial charge >= 0.3 is 0 Å². The number of aliphatic hydroxyl groups is 2. The van der Waals surface area contributed by atoms with Crippen molar-refractivity contribution in [3.8, 4) is 5.75 Å². The summed E-state index contributed by atoms with van der Waals surface area (Å²) in [5, 5.41) is 21.6. The smallest absolute Gasteiger partial charge is 0.120 e. The van der Waals surface area contributed by atoms with E-state index < -0.39 is 6.10 Å². The topological polar surface area (TPSA) is 61.7 Å². The Labute approximate surface area is 133 Å². The molecule has 4 nitrogen and oxygen atoms in total. The summed E-state index contributed by atoms with van der Waals surface area (Å²) in [6.45, 7) is 1.91. The molecule has 3 N–H and O–H groups in total. The number of rotatable bonds is 11. The molecule has 1 rings (SSSR count). The lowest BCUT2D eigenvalue weighted by molar-refractivity contribution is 0.107. The Morgan fingerprint density at radius 1 is 1.35 bits per heavy atom. The van der Waals surface area contributed by atoms with Crippen LogP contribution in [0.3, 0.4) is 0 Å². The Hall–Kier alpha value is -0.270. The molecule has 0 bridgehead atoms. The van der Waals surface area contributed by atoms with Crippen LogP contribution in [0.4, 0.5) is 0 Å². The monoisotopic (exact) mass is 363 g/mol. The highest BCUT2D eigenvalue weighted by Gasteiger charge is 2.04. The molecule has 1 unspecified atom stereocenters. The molecule has 0 aliphatic heterocycles. The van der Waals surface area contributed by atoms with Gasteiger partial charge in [-0.25, -0.2) is 0 Å². The average Bonchev–Trinajstić information content (AvgIpc) is 2.44. The van der Waals surface area contributed by atoms with Gasteiger partial charge in [-0.3, -0.25) is 0 Å². The number of hydrogen-bond acceptors (Lipinski definition) is 5. The number of ether oxygens (including phenoxy) is 1. The molecule has 20 heavy (non-hydrogen) atoms. The number of nitrogens with one attached hydrogen (secondary N) is 1. The molecule has 0 saturated carbocycles. The molecule has 1 aromatic rings. The molecular formula is C14H22BrNO3S. The fourth-order valence-electron chi connectivity index (χ4n) is 1.49. The van der Waals surface area contributed by atoms with E-state index in [-0.39, 0.29) is 13.2 Å². The lowest BCUT2D eigenvalue weighted by Gasteiger charge is -2.13. The van der Waals surface area contributed by atoms with Crippen LogP contribution in [0.2, 0.25) is 0 Å². The third-order valence-corrected chi connectivity index (χ3v) is 4.05. The van der Waals surface area contributed by atoms with Crippen molar-refractivity contribution in [2.24, 2.45) is 0 Å². The minimum absolute atomic E-state index is 0.256. The summed E-state index contributed by atoms with van der Waals surface area (Å²) in [5.74, 6) is 2.71. The number of thioether (sulfide) groups is 1. The fourth-order valence-corrected chi connectivity index (χ4v) is 2.69. The van der Waals surface area contributed by atoms with Crippen molar-refractivity contribution in [1.29, 1.82) is 0 Å². The van der Waals surface area contributed by atoms with Crippen LogP contribution in [-0.4, -0.2) is 54.1 Å². The highest BCUT2D eigenvalue weighted by Crippen LogP contribution is 2.17.